The first-order valence-electron chi connectivity index (χ1n) is 7.36. The van der Waals surface area contributed by atoms with Crippen molar-refractivity contribution in [3.05, 3.63) is 40.9 Å². The molecule has 0 radical (unpaired) electrons. The van der Waals surface area contributed by atoms with Crippen molar-refractivity contribution in [3.8, 4) is 10.6 Å². The number of thiazole rings is 1. The van der Waals surface area contributed by atoms with Crippen LogP contribution in [0, 0.1) is 0 Å². The van der Waals surface area contributed by atoms with Crippen molar-refractivity contribution in [2.24, 2.45) is 0 Å². The van der Waals surface area contributed by atoms with Gasteiger partial charge in [-0.3, -0.25) is 9.59 Å². The van der Waals surface area contributed by atoms with Crippen molar-refractivity contribution in [1.29, 1.82) is 0 Å². The Bertz CT molecular complexity index is 774. The second-order valence-electron chi connectivity index (χ2n) is 5.24. The number of benzene rings is 1. The number of halogens is 3. The van der Waals surface area contributed by atoms with Gasteiger partial charge in [-0.15, -0.1) is 11.3 Å². The molecule has 2 aromatic rings. The van der Waals surface area contributed by atoms with E-state index in [-0.39, 0.29) is 22.8 Å². The highest BCUT2D eigenvalue weighted by molar-refractivity contribution is 7.13. The Kier molecular flexibility index (Phi) is 5.78. The SMILES string of the molecule is CCCN(CC(=O)O)C(=O)c1csc(-c2cccc(C(F)(F)F)c2)n1. The van der Waals surface area contributed by atoms with Crippen LogP contribution in [-0.4, -0.2) is 40.0 Å². The molecule has 0 saturated heterocycles. The van der Waals surface area contributed by atoms with E-state index in [1.165, 1.54) is 17.5 Å². The van der Waals surface area contributed by atoms with E-state index in [9.17, 15) is 22.8 Å². The lowest BCUT2D eigenvalue weighted by Gasteiger charge is -2.18. The van der Waals surface area contributed by atoms with Crippen molar-refractivity contribution in [3.63, 3.8) is 0 Å². The van der Waals surface area contributed by atoms with Crippen molar-refractivity contribution in [2.75, 3.05) is 13.1 Å². The monoisotopic (exact) mass is 372 g/mol. The molecule has 0 bridgehead atoms. The Labute approximate surface area is 145 Å². The number of aliphatic carboxylic acids is 1. The van der Waals surface area contributed by atoms with Crippen molar-refractivity contribution in [2.45, 2.75) is 19.5 Å². The van der Waals surface area contributed by atoms with Crippen LogP contribution in [0.2, 0.25) is 0 Å². The average molecular weight is 372 g/mol. The number of alkyl halides is 3. The van der Waals surface area contributed by atoms with Crippen LogP contribution in [0.1, 0.15) is 29.4 Å². The van der Waals surface area contributed by atoms with Crippen LogP contribution < -0.4 is 0 Å². The van der Waals surface area contributed by atoms with Gasteiger partial charge in [0, 0.05) is 17.5 Å². The molecule has 5 nitrogen and oxygen atoms in total. The minimum Gasteiger partial charge on any atom is -0.480 e. The first kappa shape index (κ1) is 18.9. The molecule has 0 aliphatic rings. The number of carbonyl (C=O) groups is 2. The fraction of sp³-hybridized carbons (Fsp3) is 0.312. The van der Waals surface area contributed by atoms with Gasteiger partial charge in [0.25, 0.3) is 5.91 Å². The minimum absolute atomic E-state index is 0.0205. The molecule has 0 unspecified atom stereocenters. The van der Waals surface area contributed by atoms with E-state index in [1.807, 2.05) is 0 Å². The van der Waals surface area contributed by atoms with Gasteiger partial charge in [0.2, 0.25) is 0 Å². The Morgan fingerprint density at radius 2 is 2.04 bits per heavy atom. The normalized spacial score (nSPS) is 11.4. The highest BCUT2D eigenvalue weighted by atomic mass is 32.1. The van der Waals surface area contributed by atoms with Gasteiger partial charge in [-0.1, -0.05) is 19.1 Å². The van der Waals surface area contributed by atoms with Crippen LogP contribution in [-0.2, 0) is 11.0 Å². The molecule has 1 amide bonds. The van der Waals surface area contributed by atoms with E-state index in [2.05, 4.69) is 4.98 Å². The number of amides is 1. The topological polar surface area (TPSA) is 70.5 Å². The summed E-state index contributed by atoms with van der Waals surface area (Å²) in [5.74, 6) is -1.70. The Hall–Kier alpha value is -2.42. The fourth-order valence-corrected chi connectivity index (χ4v) is 2.97. The average Bonchev–Trinajstić information content (AvgIpc) is 3.02. The molecule has 1 aromatic heterocycles. The summed E-state index contributed by atoms with van der Waals surface area (Å²) in [6.07, 6.45) is -3.89. The van der Waals surface area contributed by atoms with Crippen LogP contribution in [0.25, 0.3) is 10.6 Å². The summed E-state index contributed by atoms with van der Waals surface area (Å²) < 4.78 is 38.4. The minimum atomic E-state index is -4.47. The number of carbonyl (C=O) groups excluding carboxylic acids is 1. The fourth-order valence-electron chi connectivity index (χ4n) is 2.18. The third-order valence-electron chi connectivity index (χ3n) is 3.27. The zero-order chi connectivity index (χ0) is 18.6. The van der Waals surface area contributed by atoms with E-state index >= 15 is 0 Å². The zero-order valence-electron chi connectivity index (χ0n) is 13.2. The van der Waals surface area contributed by atoms with Crippen LogP contribution in [0.3, 0.4) is 0 Å². The first-order chi connectivity index (χ1) is 11.7. The maximum absolute atomic E-state index is 12.8. The second kappa shape index (κ2) is 7.64. The molecule has 9 heteroatoms. The Balaban J connectivity index is 2.27. The molecule has 1 N–H and O–H groups in total. The number of hydrogen-bond acceptors (Lipinski definition) is 4. The molecule has 2 rings (SSSR count). The lowest BCUT2D eigenvalue weighted by atomic mass is 10.1. The summed E-state index contributed by atoms with van der Waals surface area (Å²) in [6.45, 7) is 1.60. The highest BCUT2D eigenvalue weighted by Gasteiger charge is 2.30. The lowest BCUT2D eigenvalue weighted by Crippen LogP contribution is -2.36. The van der Waals surface area contributed by atoms with E-state index < -0.39 is 30.2 Å². The molecular weight excluding hydrogens is 357 g/mol. The van der Waals surface area contributed by atoms with Crippen LogP contribution >= 0.6 is 11.3 Å². The predicted octanol–water partition coefficient (Wildman–Crippen LogP) is 3.77. The largest absolute Gasteiger partial charge is 0.480 e. The second-order valence-corrected chi connectivity index (χ2v) is 6.10. The molecule has 0 saturated carbocycles. The number of carboxylic acid groups (broad SMARTS) is 1. The summed E-state index contributed by atoms with van der Waals surface area (Å²) in [7, 11) is 0. The number of nitrogens with zero attached hydrogens (tertiary/aromatic N) is 2. The van der Waals surface area contributed by atoms with Gasteiger partial charge in [-0.2, -0.15) is 13.2 Å². The smallest absolute Gasteiger partial charge is 0.416 e. The van der Waals surface area contributed by atoms with Crippen molar-refractivity contribution < 1.29 is 27.9 Å². The van der Waals surface area contributed by atoms with Crippen LogP contribution in [0.15, 0.2) is 29.6 Å². The summed E-state index contributed by atoms with van der Waals surface area (Å²) in [4.78, 5) is 28.5. The van der Waals surface area contributed by atoms with Crippen LogP contribution in [0.5, 0.6) is 0 Å². The molecule has 134 valence electrons. The lowest BCUT2D eigenvalue weighted by molar-refractivity contribution is -0.138. The van der Waals surface area contributed by atoms with Gasteiger partial charge in [-0.25, -0.2) is 4.98 Å². The van der Waals surface area contributed by atoms with Gasteiger partial charge in [0.1, 0.15) is 17.2 Å². The third kappa shape index (κ3) is 4.79. The summed E-state index contributed by atoms with van der Waals surface area (Å²) in [5.41, 5.74) is -0.530. The summed E-state index contributed by atoms with van der Waals surface area (Å²) in [6, 6.07) is 4.67. The number of aromatic nitrogens is 1. The molecule has 0 aliphatic heterocycles. The Morgan fingerprint density at radius 3 is 2.64 bits per heavy atom. The molecule has 1 aromatic carbocycles. The predicted molar refractivity (Wildman–Crippen MR) is 86.4 cm³/mol. The van der Waals surface area contributed by atoms with E-state index in [0.717, 1.165) is 28.4 Å². The van der Waals surface area contributed by atoms with Gasteiger partial charge in [0.15, 0.2) is 0 Å². The van der Waals surface area contributed by atoms with E-state index in [0.29, 0.717) is 6.42 Å². The molecule has 0 spiro atoms. The zero-order valence-corrected chi connectivity index (χ0v) is 14.0. The van der Waals surface area contributed by atoms with E-state index in [4.69, 9.17) is 5.11 Å². The summed E-state index contributed by atoms with van der Waals surface area (Å²) in [5, 5.41) is 10.6. The van der Waals surface area contributed by atoms with Crippen molar-refractivity contribution in [1.82, 2.24) is 9.88 Å². The third-order valence-corrected chi connectivity index (χ3v) is 4.16. The van der Waals surface area contributed by atoms with Gasteiger partial charge in [0.05, 0.1) is 5.56 Å². The maximum atomic E-state index is 12.8. The molecule has 0 atom stereocenters. The molecular formula is C16H15F3N2O3S. The standard InChI is InChI=1S/C16H15F3N2O3S/c1-2-6-21(8-13(22)23)15(24)12-9-25-14(20-12)10-4-3-5-11(7-10)16(17,18)19/h3-5,7,9H,2,6,8H2,1H3,(H,22,23). The van der Waals surface area contributed by atoms with Gasteiger partial charge in [-0.05, 0) is 18.6 Å². The molecule has 1 heterocycles. The van der Waals surface area contributed by atoms with Gasteiger partial charge < -0.3 is 10.0 Å². The molecule has 0 fully saturated rings. The first-order valence-corrected chi connectivity index (χ1v) is 8.24. The van der Waals surface area contributed by atoms with Crippen LogP contribution in [0.4, 0.5) is 13.2 Å². The quantitative estimate of drug-likeness (QED) is 0.838. The number of carboxylic acids is 1. The number of hydrogen-bond donors (Lipinski definition) is 1. The molecule has 0 aliphatic carbocycles. The number of rotatable bonds is 6. The van der Waals surface area contributed by atoms with Gasteiger partial charge >= 0.3 is 12.1 Å². The summed E-state index contributed by atoms with van der Waals surface area (Å²) >= 11 is 1.03. The Morgan fingerprint density at radius 1 is 1.32 bits per heavy atom. The maximum Gasteiger partial charge on any atom is 0.416 e. The van der Waals surface area contributed by atoms with Crippen molar-refractivity contribution >= 4 is 23.2 Å². The van der Waals surface area contributed by atoms with E-state index in [1.54, 1.807) is 6.92 Å². The molecule has 25 heavy (non-hydrogen) atoms. The highest BCUT2D eigenvalue weighted by Crippen LogP contribution is 2.33.